The Kier molecular flexibility index (Phi) is 11.4. The zero-order valence-electron chi connectivity index (χ0n) is 25.3. The van der Waals surface area contributed by atoms with Crippen molar-refractivity contribution < 1.29 is 17.6 Å². The van der Waals surface area contributed by atoms with Crippen molar-refractivity contribution in [1.82, 2.24) is 24.4 Å². The maximum Gasteiger partial charge on any atom is 0.359 e. The van der Waals surface area contributed by atoms with Gasteiger partial charge in [0.05, 0.1) is 41.3 Å². The van der Waals surface area contributed by atoms with E-state index in [4.69, 9.17) is 0 Å². The Morgan fingerprint density at radius 2 is 1.87 bits per heavy atom. The molecule has 0 spiro atoms. The SMILES string of the molecule is CC/C=C(\NCC(F)F)Sc1cc(Nc2nc(=O)n(-c3cncc(CCC)c3)c(=O)n2Cc2ccc(F)c(C#N)c2)c(F)cc1C. The number of nitriles is 1. The maximum atomic E-state index is 15.3. The lowest BCUT2D eigenvalue weighted by molar-refractivity contribution is 0.150. The topological polar surface area (TPSA) is 118 Å². The molecule has 0 atom stereocenters. The van der Waals surface area contributed by atoms with E-state index < -0.39 is 36.0 Å². The summed E-state index contributed by atoms with van der Waals surface area (Å²) in [6, 6.07) is 9.78. The van der Waals surface area contributed by atoms with Crippen LogP contribution in [0.25, 0.3) is 5.69 Å². The third kappa shape index (κ3) is 8.22. The van der Waals surface area contributed by atoms with Crippen LogP contribution in [0.2, 0.25) is 0 Å². The van der Waals surface area contributed by atoms with Gasteiger partial charge in [-0.2, -0.15) is 10.2 Å². The van der Waals surface area contributed by atoms with Gasteiger partial charge >= 0.3 is 11.4 Å². The number of anilines is 2. The first-order valence-corrected chi connectivity index (χ1v) is 15.2. The lowest BCUT2D eigenvalue weighted by Crippen LogP contribution is -2.42. The molecule has 0 aliphatic rings. The van der Waals surface area contributed by atoms with Gasteiger partial charge in [0.2, 0.25) is 5.95 Å². The minimum absolute atomic E-state index is 0.140. The molecule has 0 bridgehead atoms. The standard InChI is InChI=1S/C32H31F4N7O2S/c1-4-6-20-12-23(16-38-15-20)43-31(44)41-30(42(32(43)45)18-21-8-9-24(33)22(11-21)14-37)40-26-13-27(19(3)10-25(26)34)46-29(7-5-2)39-17-28(35)36/h7-13,15-16,28,39H,4-6,17-18H2,1-3H3,(H,40,41,44)/b29-7+. The maximum absolute atomic E-state index is 15.3. The summed E-state index contributed by atoms with van der Waals surface area (Å²) in [6.45, 7) is 4.65. The van der Waals surface area contributed by atoms with E-state index in [0.717, 1.165) is 38.9 Å². The van der Waals surface area contributed by atoms with Crippen LogP contribution in [0.4, 0.5) is 29.2 Å². The Hall–Kier alpha value is -4.90. The summed E-state index contributed by atoms with van der Waals surface area (Å²) in [5.41, 5.74) is -0.354. The number of halogens is 4. The van der Waals surface area contributed by atoms with Crippen LogP contribution < -0.4 is 22.0 Å². The summed E-state index contributed by atoms with van der Waals surface area (Å²) in [4.78, 5) is 36.0. The van der Waals surface area contributed by atoms with Crippen molar-refractivity contribution in [3.8, 4) is 11.8 Å². The van der Waals surface area contributed by atoms with E-state index in [0.29, 0.717) is 33.9 Å². The average Bonchev–Trinajstić information content (AvgIpc) is 3.01. The van der Waals surface area contributed by atoms with Crippen molar-refractivity contribution in [3.63, 3.8) is 0 Å². The van der Waals surface area contributed by atoms with Gasteiger partial charge in [0.15, 0.2) is 0 Å². The number of pyridine rings is 1. The van der Waals surface area contributed by atoms with Crippen LogP contribution in [-0.4, -0.2) is 32.1 Å². The molecule has 0 fully saturated rings. The highest BCUT2D eigenvalue weighted by atomic mass is 32.2. The molecule has 4 aromatic rings. The van der Waals surface area contributed by atoms with E-state index in [9.17, 15) is 28.0 Å². The van der Waals surface area contributed by atoms with Gasteiger partial charge in [-0.3, -0.25) is 9.55 Å². The van der Waals surface area contributed by atoms with Gasteiger partial charge in [0.25, 0.3) is 6.43 Å². The highest BCUT2D eigenvalue weighted by Crippen LogP contribution is 2.33. The van der Waals surface area contributed by atoms with Gasteiger partial charge in [-0.05, 0) is 66.8 Å². The molecule has 0 saturated carbocycles. The fourth-order valence-electron chi connectivity index (χ4n) is 4.52. The van der Waals surface area contributed by atoms with Crippen molar-refractivity contribution in [3.05, 3.63) is 115 Å². The fourth-order valence-corrected chi connectivity index (χ4v) is 5.56. The molecule has 240 valence electrons. The van der Waals surface area contributed by atoms with Crippen LogP contribution in [0.1, 0.15) is 48.9 Å². The summed E-state index contributed by atoms with van der Waals surface area (Å²) in [5.74, 6) is -1.78. The molecule has 2 N–H and O–H groups in total. The van der Waals surface area contributed by atoms with Crippen LogP contribution in [0, 0.1) is 29.9 Å². The predicted molar refractivity (Wildman–Crippen MR) is 169 cm³/mol. The minimum atomic E-state index is -2.58. The van der Waals surface area contributed by atoms with Gasteiger partial charge in [0, 0.05) is 11.1 Å². The second-order valence-electron chi connectivity index (χ2n) is 10.2. The molecule has 2 heterocycles. The molecular formula is C32H31F4N7O2S. The molecule has 9 nitrogen and oxygen atoms in total. The van der Waals surface area contributed by atoms with Gasteiger partial charge < -0.3 is 10.6 Å². The normalized spacial score (nSPS) is 11.5. The number of allylic oxidation sites excluding steroid dienone is 1. The second-order valence-corrected chi connectivity index (χ2v) is 11.3. The molecule has 0 aliphatic heterocycles. The molecule has 0 unspecified atom stereocenters. The summed E-state index contributed by atoms with van der Waals surface area (Å²) in [7, 11) is 0. The number of aryl methyl sites for hydroxylation is 2. The van der Waals surface area contributed by atoms with Crippen LogP contribution >= 0.6 is 11.8 Å². The first-order chi connectivity index (χ1) is 22.0. The lowest BCUT2D eigenvalue weighted by Gasteiger charge is -2.18. The first-order valence-electron chi connectivity index (χ1n) is 14.4. The van der Waals surface area contributed by atoms with E-state index >= 15 is 4.39 Å². The molecular weight excluding hydrogens is 622 g/mol. The molecule has 4 rings (SSSR count). The van der Waals surface area contributed by atoms with Gasteiger partial charge in [-0.25, -0.2) is 31.7 Å². The smallest absolute Gasteiger partial charge is 0.359 e. The van der Waals surface area contributed by atoms with Crippen LogP contribution in [-0.2, 0) is 13.0 Å². The lowest BCUT2D eigenvalue weighted by atomic mass is 10.1. The number of hydrogen-bond donors (Lipinski definition) is 2. The van der Waals surface area contributed by atoms with E-state index in [-0.39, 0.29) is 29.4 Å². The summed E-state index contributed by atoms with van der Waals surface area (Å²) in [5, 5.41) is 15.2. The molecule has 2 aromatic carbocycles. The second kappa shape index (κ2) is 15.4. The molecule has 0 saturated heterocycles. The zero-order valence-corrected chi connectivity index (χ0v) is 26.1. The highest BCUT2D eigenvalue weighted by Gasteiger charge is 2.19. The summed E-state index contributed by atoms with van der Waals surface area (Å²) >= 11 is 1.12. The summed E-state index contributed by atoms with van der Waals surface area (Å²) in [6.07, 6.45) is 4.14. The van der Waals surface area contributed by atoms with E-state index in [1.54, 1.807) is 31.3 Å². The third-order valence-electron chi connectivity index (χ3n) is 6.69. The Morgan fingerprint density at radius 1 is 1.09 bits per heavy atom. The minimum Gasteiger partial charge on any atom is -0.374 e. The van der Waals surface area contributed by atoms with Crippen molar-refractivity contribution >= 4 is 23.4 Å². The van der Waals surface area contributed by atoms with Crippen molar-refractivity contribution in [2.24, 2.45) is 0 Å². The number of rotatable bonds is 13. The molecule has 0 amide bonds. The molecule has 46 heavy (non-hydrogen) atoms. The predicted octanol–water partition coefficient (Wildman–Crippen LogP) is 6.19. The van der Waals surface area contributed by atoms with Crippen molar-refractivity contribution in [2.45, 2.75) is 57.9 Å². The largest absolute Gasteiger partial charge is 0.374 e. The highest BCUT2D eigenvalue weighted by molar-refractivity contribution is 8.03. The monoisotopic (exact) mass is 653 g/mol. The first kappa shape index (κ1) is 34.0. The van der Waals surface area contributed by atoms with Crippen LogP contribution in [0.5, 0.6) is 0 Å². The van der Waals surface area contributed by atoms with E-state index in [1.807, 2.05) is 13.8 Å². The fraction of sp³-hybridized carbons (Fsp3) is 0.281. The number of nitrogens with zero attached hydrogens (tertiary/aromatic N) is 5. The van der Waals surface area contributed by atoms with Crippen LogP contribution in [0.3, 0.4) is 0 Å². The average molecular weight is 654 g/mol. The molecule has 0 aliphatic carbocycles. The summed E-state index contributed by atoms with van der Waals surface area (Å²) < 4.78 is 57.0. The molecule has 14 heteroatoms. The third-order valence-corrected chi connectivity index (χ3v) is 7.88. The van der Waals surface area contributed by atoms with Crippen LogP contribution in [0.15, 0.2) is 74.4 Å². The quantitative estimate of drug-likeness (QED) is 0.130. The Morgan fingerprint density at radius 3 is 2.57 bits per heavy atom. The Balaban J connectivity index is 1.83. The Labute approximate surface area is 266 Å². The van der Waals surface area contributed by atoms with E-state index in [2.05, 4.69) is 20.6 Å². The molecule has 0 radical (unpaired) electrons. The number of alkyl halides is 2. The van der Waals surface area contributed by atoms with Gasteiger partial charge in [-0.15, -0.1) is 0 Å². The van der Waals surface area contributed by atoms with Gasteiger partial charge in [-0.1, -0.05) is 44.2 Å². The molecule has 2 aromatic heterocycles. The Bertz CT molecular complexity index is 1920. The van der Waals surface area contributed by atoms with Gasteiger partial charge in [0.1, 0.15) is 17.7 Å². The zero-order chi connectivity index (χ0) is 33.4. The van der Waals surface area contributed by atoms with Crippen molar-refractivity contribution in [2.75, 3.05) is 11.9 Å². The number of hydrogen-bond acceptors (Lipinski definition) is 8. The number of thioether (sulfide) groups is 1. The number of nitrogens with one attached hydrogen (secondary N) is 2. The van der Waals surface area contributed by atoms with E-state index in [1.165, 1.54) is 30.5 Å². The number of aromatic nitrogens is 4. The number of benzene rings is 2. The van der Waals surface area contributed by atoms with Crippen molar-refractivity contribution in [1.29, 1.82) is 5.26 Å².